The molecule has 18 heavy (non-hydrogen) atoms. The van der Waals surface area contributed by atoms with Gasteiger partial charge >= 0.3 is 0 Å². The standard InChI is InChI=1S/C14H20N2OS/c1-14(2,3)12(15-4)9-18-13-16-10-7-5-6-8-11(10)17-13/h5-8,12,15H,9H2,1-4H3. The summed E-state index contributed by atoms with van der Waals surface area (Å²) >= 11 is 1.67. The van der Waals surface area contributed by atoms with Crippen LogP contribution < -0.4 is 5.32 Å². The second-order valence-corrected chi connectivity index (χ2v) is 6.44. The van der Waals surface area contributed by atoms with Crippen molar-refractivity contribution in [1.82, 2.24) is 10.3 Å². The summed E-state index contributed by atoms with van der Waals surface area (Å²) in [4.78, 5) is 4.47. The maximum atomic E-state index is 5.70. The van der Waals surface area contributed by atoms with E-state index in [9.17, 15) is 0 Å². The summed E-state index contributed by atoms with van der Waals surface area (Å²) in [5, 5.41) is 4.11. The van der Waals surface area contributed by atoms with Crippen LogP contribution in [0.3, 0.4) is 0 Å². The number of rotatable bonds is 4. The third kappa shape index (κ3) is 3.06. The molecule has 0 fully saturated rings. The average molecular weight is 264 g/mol. The zero-order chi connectivity index (χ0) is 13.2. The van der Waals surface area contributed by atoms with Gasteiger partial charge in [-0.1, -0.05) is 44.7 Å². The van der Waals surface area contributed by atoms with Crippen molar-refractivity contribution in [2.45, 2.75) is 32.0 Å². The molecule has 2 aromatic rings. The fourth-order valence-corrected chi connectivity index (χ4v) is 3.12. The summed E-state index contributed by atoms with van der Waals surface area (Å²) in [6.07, 6.45) is 0. The molecule has 0 aliphatic carbocycles. The molecule has 1 heterocycles. The summed E-state index contributed by atoms with van der Waals surface area (Å²) in [5.74, 6) is 0.951. The Balaban J connectivity index is 2.05. The molecular formula is C14H20N2OS. The molecule has 0 aliphatic rings. The van der Waals surface area contributed by atoms with Crippen LogP contribution in [0.5, 0.6) is 0 Å². The number of nitrogens with one attached hydrogen (secondary N) is 1. The first kappa shape index (κ1) is 13.4. The molecule has 1 aromatic carbocycles. The number of hydrogen-bond donors (Lipinski definition) is 1. The molecule has 1 N–H and O–H groups in total. The minimum atomic E-state index is 0.230. The number of thioether (sulfide) groups is 1. The van der Waals surface area contributed by atoms with E-state index in [1.54, 1.807) is 11.8 Å². The van der Waals surface area contributed by atoms with Crippen LogP contribution in [0.2, 0.25) is 0 Å². The highest BCUT2D eigenvalue weighted by atomic mass is 32.2. The molecule has 98 valence electrons. The summed E-state index contributed by atoms with van der Waals surface area (Å²) in [7, 11) is 2.00. The molecule has 0 bridgehead atoms. The number of oxazole rings is 1. The second-order valence-electron chi connectivity index (χ2n) is 5.47. The molecule has 2 rings (SSSR count). The van der Waals surface area contributed by atoms with Gasteiger partial charge in [0.15, 0.2) is 5.58 Å². The highest BCUT2D eigenvalue weighted by molar-refractivity contribution is 7.99. The molecular weight excluding hydrogens is 244 g/mol. The van der Waals surface area contributed by atoms with Gasteiger partial charge in [0.2, 0.25) is 0 Å². The van der Waals surface area contributed by atoms with Crippen molar-refractivity contribution >= 4 is 22.9 Å². The van der Waals surface area contributed by atoms with Crippen LogP contribution in [0.15, 0.2) is 33.9 Å². The minimum Gasteiger partial charge on any atom is -0.431 e. The molecule has 0 spiro atoms. The van der Waals surface area contributed by atoms with Crippen LogP contribution >= 0.6 is 11.8 Å². The molecule has 0 aliphatic heterocycles. The first-order valence-electron chi connectivity index (χ1n) is 6.16. The molecule has 0 amide bonds. The molecule has 0 saturated heterocycles. The van der Waals surface area contributed by atoms with E-state index < -0.39 is 0 Å². The van der Waals surface area contributed by atoms with Gasteiger partial charge in [-0.2, -0.15) is 0 Å². The van der Waals surface area contributed by atoms with Crippen molar-refractivity contribution in [3.8, 4) is 0 Å². The number of benzene rings is 1. The lowest BCUT2D eigenvalue weighted by molar-refractivity contribution is 0.305. The quantitative estimate of drug-likeness (QED) is 0.857. The van der Waals surface area contributed by atoms with Crippen molar-refractivity contribution in [2.75, 3.05) is 12.8 Å². The van der Waals surface area contributed by atoms with E-state index in [1.807, 2.05) is 31.3 Å². The van der Waals surface area contributed by atoms with Crippen LogP contribution in [0.25, 0.3) is 11.1 Å². The van der Waals surface area contributed by atoms with Crippen LogP contribution in [-0.2, 0) is 0 Å². The molecule has 0 radical (unpaired) electrons. The van der Waals surface area contributed by atoms with Gasteiger partial charge in [0.1, 0.15) is 5.52 Å². The Morgan fingerprint density at radius 1 is 1.33 bits per heavy atom. The summed E-state index contributed by atoms with van der Waals surface area (Å²) < 4.78 is 5.70. The van der Waals surface area contributed by atoms with E-state index in [0.29, 0.717) is 6.04 Å². The Labute approximate surface area is 112 Å². The van der Waals surface area contributed by atoms with Crippen molar-refractivity contribution in [1.29, 1.82) is 0 Å². The number of fused-ring (bicyclic) bond motifs is 1. The lowest BCUT2D eigenvalue weighted by Crippen LogP contribution is -2.40. The van der Waals surface area contributed by atoms with Crippen LogP contribution in [0.1, 0.15) is 20.8 Å². The third-order valence-corrected chi connectivity index (χ3v) is 3.96. The van der Waals surface area contributed by atoms with Crippen LogP contribution in [0.4, 0.5) is 0 Å². The van der Waals surface area contributed by atoms with Gasteiger partial charge in [-0.15, -0.1) is 0 Å². The number of nitrogens with zero attached hydrogens (tertiary/aromatic N) is 1. The SMILES string of the molecule is CNC(CSc1nc2ccccc2o1)C(C)(C)C. The van der Waals surface area contributed by atoms with Gasteiger partial charge in [-0.3, -0.25) is 0 Å². The van der Waals surface area contributed by atoms with Gasteiger partial charge in [-0.05, 0) is 24.6 Å². The maximum Gasteiger partial charge on any atom is 0.256 e. The van der Waals surface area contributed by atoms with E-state index in [2.05, 4.69) is 31.1 Å². The first-order valence-corrected chi connectivity index (χ1v) is 7.15. The Hall–Kier alpha value is -1.00. The minimum absolute atomic E-state index is 0.230. The average Bonchev–Trinajstić information content (AvgIpc) is 2.70. The fraction of sp³-hybridized carbons (Fsp3) is 0.500. The van der Waals surface area contributed by atoms with E-state index in [1.165, 1.54) is 0 Å². The lowest BCUT2D eigenvalue weighted by atomic mass is 9.88. The molecule has 4 heteroatoms. The Kier molecular flexibility index (Phi) is 3.97. The van der Waals surface area contributed by atoms with Crippen molar-refractivity contribution < 1.29 is 4.42 Å². The van der Waals surface area contributed by atoms with Crippen LogP contribution in [0, 0.1) is 5.41 Å². The highest BCUT2D eigenvalue weighted by Gasteiger charge is 2.23. The normalized spacial score (nSPS) is 14.0. The molecule has 0 saturated carbocycles. The fourth-order valence-electron chi connectivity index (χ4n) is 1.83. The lowest BCUT2D eigenvalue weighted by Gasteiger charge is -2.29. The molecule has 3 nitrogen and oxygen atoms in total. The van der Waals surface area contributed by atoms with Crippen molar-refractivity contribution in [3.05, 3.63) is 24.3 Å². The van der Waals surface area contributed by atoms with Gasteiger partial charge in [0.25, 0.3) is 5.22 Å². The van der Waals surface area contributed by atoms with Gasteiger partial charge < -0.3 is 9.73 Å². The van der Waals surface area contributed by atoms with Crippen molar-refractivity contribution in [2.24, 2.45) is 5.41 Å². The Morgan fingerprint density at radius 3 is 2.67 bits per heavy atom. The van der Waals surface area contributed by atoms with Crippen molar-refractivity contribution in [3.63, 3.8) is 0 Å². The summed E-state index contributed by atoms with van der Waals surface area (Å²) in [5.41, 5.74) is 2.02. The summed E-state index contributed by atoms with van der Waals surface area (Å²) in [6, 6.07) is 8.30. The number of hydrogen-bond acceptors (Lipinski definition) is 4. The van der Waals surface area contributed by atoms with E-state index in [-0.39, 0.29) is 5.41 Å². The third-order valence-electron chi connectivity index (χ3n) is 3.04. The second kappa shape index (κ2) is 5.33. The Bertz CT molecular complexity index is 483. The molecule has 1 atom stereocenters. The zero-order valence-corrected chi connectivity index (χ0v) is 12.2. The van der Waals surface area contributed by atoms with Gasteiger partial charge in [0, 0.05) is 11.8 Å². The van der Waals surface area contributed by atoms with E-state index >= 15 is 0 Å². The maximum absolute atomic E-state index is 5.70. The number of aromatic nitrogens is 1. The smallest absolute Gasteiger partial charge is 0.256 e. The first-order chi connectivity index (χ1) is 8.50. The zero-order valence-electron chi connectivity index (χ0n) is 11.4. The topological polar surface area (TPSA) is 38.1 Å². The number of para-hydroxylation sites is 2. The van der Waals surface area contributed by atoms with Gasteiger partial charge in [-0.25, -0.2) is 4.98 Å². The summed E-state index contributed by atoms with van der Waals surface area (Å²) in [6.45, 7) is 6.71. The highest BCUT2D eigenvalue weighted by Crippen LogP contribution is 2.28. The molecule has 1 aromatic heterocycles. The predicted molar refractivity (Wildman–Crippen MR) is 77.0 cm³/mol. The van der Waals surface area contributed by atoms with E-state index in [4.69, 9.17) is 4.42 Å². The van der Waals surface area contributed by atoms with E-state index in [0.717, 1.165) is 22.1 Å². The van der Waals surface area contributed by atoms with Gasteiger partial charge in [0.05, 0.1) is 0 Å². The van der Waals surface area contributed by atoms with Crippen LogP contribution in [-0.4, -0.2) is 23.8 Å². The predicted octanol–water partition coefficient (Wildman–Crippen LogP) is 3.55. The Morgan fingerprint density at radius 2 is 2.06 bits per heavy atom. The largest absolute Gasteiger partial charge is 0.431 e. The monoisotopic (exact) mass is 264 g/mol. The molecule has 1 unspecified atom stereocenters.